The number of rotatable bonds is 4. The highest BCUT2D eigenvalue weighted by Gasteiger charge is 2.04. The summed E-state index contributed by atoms with van der Waals surface area (Å²) in [4.78, 5) is 19.4. The summed E-state index contributed by atoms with van der Waals surface area (Å²) in [7, 11) is 0. The van der Waals surface area contributed by atoms with Crippen LogP contribution in [0.5, 0.6) is 0 Å². The molecular weight excluding hydrogens is 228 g/mol. The van der Waals surface area contributed by atoms with Crippen LogP contribution in [0.2, 0.25) is 0 Å². The summed E-state index contributed by atoms with van der Waals surface area (Å²) in [5.41, 5.74) is 2.76. The second kappa shape index (κ2) is 4.79. The minimum Gasteiger partial charge on any atom is -0.368 e. The lowest BCUT2D eigenvalue weighted by Gasteiger charge is -2.05. The Morgan fingerprint density at radius 3 is 2.89 bits per heavy atom. The molecule has 0 spiro atoms. The Morgan fingerprint density at radius 1 is 1.11 bits per heavy atom. The van der Waals surface area contributed by atoms with Gasteiger partial charge in [-0.05, 0) is 24.1 Å². The number of nitrogens with zero attached hydrogens (tertiary/aromatic N) is 4. The maximum absolute atomic E-state index is 4.19. The number of anilines is 1. The van der Waals surface area contributed by atoms with Crippen molar-refractivity contribution in [2.45, 2.75) is 6.42 Å². The fraction of sp³-hybridized carbons (Fsp3) is 0.167. The summed E-state index contributed by atoms with van der Waals surface area (Å²) < 4.78 is 0. The summed E-state index contributed by atoms with van der Waals surface area (Å²) in [5, 5.41) is 3.27. The third kappa shape index (κ3) is 2.13. The van der Waals surface area contributed by atoms with Gasteiger partial charge in [-0.2, -0.15) is 0 Å². The van der Waals surface area contributed by atoms with Gasteiger partial charge in [0.05, 0.1) is 6.33 Å². The van der Waals surface area contributed by atoms with Crippen molar-refractivity contribution in [3.63, 3.8) is 0 Å². The van der Waals surface area contributed by atoms with Gasteiger partial charge in [0.2, 0.25) is 0 Å². The van der Waals surface area contributed by atoms with Crippen LogP contribution < -0.4 is 5.32 Å². The van der Waals surface area contributed by atoms with Crippen molar-refractivity contribution >= 4 is 17.0 Å². The average molecular weight is 240 g/mol. The van der Waals surface area contributed by atoms with Crippen LogP contribution in [0, 0.1) is 0 Å². The lowest BCUT2D eigenvalue weighted by atomic mass is 10.2. The molecule has 0 aliphatic carbocycles. The molecule has 3 heterocycles. The number of H-pyrrole nitrogens is 1. The molecule has 0 fully saturated rings. The number of aromatic nitrogens is 5. The molecule has 18 heavy (non-hydrogen) atoms. The molecule has 0 radical (unpaired) electrons. The van der Waals surface area contributed by atoms with E-state index in [4.69, 9.17) is 0 Å². The monoisotopic (exact) mass is 240 g/mol. The fourth-order valence-corrected chi connectivity index (χ4v) is 1.77. The molecule has 0 atom stereocenters. The molecule has 90 valence electrons. The molecule has 0 aliphatic rings. The third-order valence-electron chi connectivity index (χ3n) is 2.67. The Labute approximate surface area is 104 Å². The maximum Gasteiger partial charge on any atom is 0.162 e. The van der Waals surface area contributed by atoms with Crippen molar-refractivity contribution in [3.8, 4) is 0 Å². The van der Waals surface area contributed by atoms with Crippen molar-refractivity contribution in [2.24, 2.45) is 0 Å². The predicted octanol–water partition coefficient (Wildman–Crippen LogP) is 1.40. The van der Waals surface area contributed by atoms with Crippen LogP contribution in [0.25, 0.3) is 11.2 Å². The second-order valence-electron chi connectivity index (χ2n) is 3.85. The fourth-order valence-electron chi connectivity index (χ4n) is 1.77. The lowest BCUT2D eigenvalue weighted by molar-refractivity contribution is 0.998. The van der Waals surface area contributed by atoms with Gasteiger partial charge in [0, 0.05) is 18.9 Å². The van der Waals surface area contributed by atoms with Crippen molar-refractivity contribution < 1.29 is 0 Å². The summed E-state index contributed by atoms with van der Waals surface area (Å²) in [5.74, 6) is 0.760. The number of aromatic amines is 1. The summed E-state index contributed by atoms with van der Waals surface area (Å²) in [6.45, 7) is 0.795. The van der Waals surface area contributed by atoms with E-state index in [1.165, 1.54) is 11.9 Å². The van der Waals surface area contributed by atoms with Gasteiger partial charge in [-0.15, -0.1) is 0 Å². The molecule has 0 aromatic carbocycles. The van der Waals surface area contributed by atoms with E-state index in [-0.39, 0.29) is 0 Å². The highest BCUT2D eigenvalue weighted by atomic mass is 15.1. The molecule has 0 bridgehead atoms. The minimum absolute atomic E-state index is 0.747. The summed E-state index contributed by atoms with van der Waals surface area (Å²) >= 11 is 0. The van der Waals surface area contributed by atoms with Gasteiger partial charge in [0.1, 0.15) is 11.8 Å². The normalized spacial score (nSPS) is 10.7. The maximum atomic E-state index is 4.19. The van der Waals surface area contributed by atoms with Gasteiger partial charge in [-0.25, -0.2) is 15.0 Å². The lowest BCUT2D eigenvalue weighted by Crippen LogP contribution is -2.07. The van der Waals surface area contributed by atoms with E-state index in [0.29, 0.717) is 0 Å². The van der Waals surface area contributed by atoms with Crippen LogP contribution in [0.4, 0.5) is 5.82 Å². The number of hydrogen-bond acceptors (Lipinski definition) is 5. The molecule has 6 nitrogen and oxygen atoms in total. The first kappa shape index (κ1) is 10.6. The first-order chi connectivity index (χ1) is 8.93. The smallest absolute Gasteiger partial charge is 0.162 e. The average Bonchev–Trinajstić information content (AvgIpc) is 2.89. The summed E-state index contributed by atoms with van der Waals surface area (Å²) in [6, 6.07) is 4.01. The second-order valence-corrected chi connectivity index (χ2v) is 3.85. The molecular formula is C12H12N6. The van der Waals surface area contributed by atoms with Crippen LogP contribution in [0.3, 0.4) is 0 Å². The van der Waals surface area contributed by atoms with Gasteiger partial charge >= 0.3 is 0 Å². The first-order valence-electron chi connectivity index (χ1n) is 5.70. The minimum atomic E-state index is 0.747. The van der Waals surface area contributed by atoms with Gasteiger partial charge < -0.3 is 10.3 Å². The number of nitrogens with one attached hydrogen (secondary N) is 2. The van der Waals surface area contributed by atoms with Crippen LogP contribution in [0.1, 0.15) is 5.56 Å². The van der Waals surface area contributed by atoms with Crippen LogP contribution in [-0.4, -0.2) is 31.5 Å². The zero-order valence-electron chi connectivity index (χ0n) is 9.67. The van der Waals surface area contributed by atoms with Crippen molar-refractivity contribution in [1.29, 1.82) is 0 Å². The molecule has 0 unspecified atom stereocenters. The van der Waals surface area contributed by atoms with Gasteiger partial charge in [0.25, 0.3) is 0 Å². The first-order valence-corrected chi connectivity index (χ1v) is 5.70. The van der Waals surface area contributed by atoms with Crippen LogP contribution in [-0.2, 0) is 6.42 Å². The molecule has 3 rings (SSSR count). The Morgan fingerprint density at radius 2 is 2.00 bits per heavy atom. The Bertz CT molecular complexity index is 633. The van der Waals surface area contributed by atoms with Crippen LogP contribution >= 0.6 is 0 Å². The van der Waals surface area contributed by atoms with Crippen molar-refractivity contribution in [2.75, 3.05) is 11.9 Å². The van der Waals surface area contributed by atoms with E-state index >= 15 is 0 Å². The molecule has 0 saturated heterocycles. The van der Waals surface area contributed by atoms with E-state index in [1.54, 1.807) is 18.7 Å². The van der Waals surface area contributed by atoms with E-state index in [9.17, 15) is 0 Å². The number of fused-ring (bicyclic) bond motifs is 1. The number of pyridine rings is 1. The van der Waals surface area contributed by atoms with E-state index in [2.05, 4.69) is 30.2 Å². The van der Waals surface area contributed by atoms with Gasteiger partial charge in [-0.3, -0.25) is 4.98 Å². The standard InChI is InChI=1S/C12H12N6/c1-4-13-5-2-9(1)3-6-14-11-10-12(16-7-15-10)18-8-17-11/h1-2,4-5,7-8H,3,6H2,(H2,14,15,16,17,18). The molecule has 6 heteroatoms. The van der Waals surface area contributed by atoms with Gasteiger partial charge in [0.15, 0.2) is 11.5 Å². The molecule has 0 saturated carbocycles. The Balaban J connectivity index is 1.68. The zero-order chi connectivity index (χ0) is 12.2. The predicted molar refractivity (Wildman–Crippen MR) is 68.1 cm³/mol. The number of imidazole rings is 1. The largest absolute Gasteiger partial charge is 0.368 e. The van der Waals surface area contributed by atoms with E-state index in [1.807, 2.05) is 12.1 Å². The van der Waals surface area contributed by atoms with Crippen molar-refractivity contribution in [1.82, 2.24) is 24.9 Å². The van der Waals surface area contributed by atoms with Crippen LogP contribution in [0.15, 0.2) is 37.2 Å². The molecule has 3 aromatic heterocycles. The highest BCUT2D eigenvalue weighted by molar-refractivity contribution is 5.81. The van der Waals surface area contributed by atoms with Crippen molar-refractivity contribution in [3.05, 3.63) is 42.7 Å². The third-order valence-corrected chi connectivity index (χ3v) is 2.67. The molecule has 0 aliphatic heterocycles. The molecule has 2 N–H and O–H groups in total. The SMILES string of the molecule is c1cc(CCNc2ncnc3[nH]cnc23)ccn1. The van der Waals surface area contributed by atoms with E-state index < -0.39 is 0 Å². The topological polar surface area (TPSA) is 79.4 Å². The molecule has 0 amide bonds. The van der Waals surface area contributed by atoms with Gasteiger partial charge in [-0.1, -0.05) is 0 Å². The number of hydrogen-bond donors (Lipinski definition) is 2. The Hall–Kier alpha value is -2.50. The van der Waals surface area contributed by atoms with E-state index in [0.717, 1.165) is 29.9 Å². The molecule has 3 aromatic rings. The quantitative estimate of drug-likeness (QED) is 0.720. The Kier molecular flexibility index (Phi) is 2.83. The highest BCUT2D eigenvalue weighted by Crippen LogP contribution is 2.14. The summed E-state index contributed by atoms with van der Waals surface area (Å²) in [6.07, 6.45) is 7.65. The zero-order valence-corrected chi connectivity index (χ0v) is 9.67.